The molecule has 0 spiro atoms. The van der Waals surface area contributed by atoms with Crippen molar-refractivity contribution in [3.8, 4) is 22.7 Å². The molecule has 0 radical (unpaired) electrons. The Hall–Kier alpha value is -3.77. The molecule has 0 aromatic carbocycles. The summed E-state index contributed by atoms with van der Waals surface area (Å²) in [6.07, 6.45) is 6.84. The molecule has 1 atom stereocenters. The first-order chi connectivity index (χ1) is 20.8. The molecule has 1 aliphatic heterocycles. The molecular formula is C32H45N7O4Si. The summed E-state index contributed by atoms with van der Waals surface area (Å²) in [5.41, 5.74) is 4.47. The highest BCUT2D eigenvalue weighted by Crippen LogP contribution is 2.33. The molecule has 44 heavy (non-hydrogen) atoms. The van der Waals surface area contributed by atoms with Gasteiger partial charge in [0.2, 0.25) is 5.95 Å². The van der Waals surface area contributed by atoms with Crippen molar-refractivity contribution in [1.82, 2.24) is 29.4 Å². The molecule has 0 saturated carbocycles. The summed E-state index contributed by atoms with van der Waals surface area (Å²) in [5, 5.41) is 4.44. The number of carbonyl (C=O) groups excluding carboxylic acids is 1. The van der Waals surface area contributed by atoms with Gasteiger partial charge >= 0.3 is 6.09 Å². The van der Waals surface area contributed by atoms with E-state index >= 15 is 0 Å². The first kappa shape index (κ1) is 31.6. The van der Waals surface area contributed by atoms with Crippen molar-refractivity contribution in [3.05, 3.63) is 42.2 Å². The van der Waals surface area contributed by atoms with E-state index in [1.165, 1.54) is 6.39 Å². The number of pyridine rings is 1. The molecule has 1 fully saturated rings. The van der Waals surface area contributed by atoms with Crippen molar-refractivity contribution in [3.63, 3.8) is 0 Å². The first-order valence-corrected chi connectivity index (χ1v) is 19.0. The minimum Gasteiger partial charge on any atom is -0.444 e. The zero-order chi connectivity index (χ0) is 31.6. The minimum atomic E-state index is -1.22. The van der Waals surface area contributed by atoms with E-state index in [1.54, 1.807) is 4.90 Å². The maximum absolute atomic E-state index is 12.7. The highest BCUT2D eigenvalue weighted by atomic mass is 28.3. The van der Waals surface area contributed by atoms with E-state index in [1.807, 2.05) is 51.4 Å². The van der Waals surface area contributed by atoms with Gasteiger partial charge in [-0.1, -0.05) is 19.6 Å². The van der Waals surface area contributed by atoms with Crippen molar-refractivity contribution in [2.24, 2.45) is 0 Å². The summed E-state index contributed by atoms with van der Waals surface area (Å²) in [6.45, 7) is 18.9. The van der Waals surface area contributed by atoms with Gasteiger partial charge in [-0.3, -0.25) is 0 Å². The summed E-state index contributed by atoms with van der Waals surface area (Å²) >= 11 is 0. The smallest absolute Gasteiger partial charge is 0.410 e. The number of carbonyl (C=O) groups is 1. The van der Waals surface area contributed by atoms with Gasteiger partial charge in [-0.2, -0.15) is 0 Å². The number of rotatable bonds is 9. The van der Waals surface area contributed by atoms with Crippen LogP contribution >= 0.6 is 0 Å². The van der Waals surface area contributed by atoms with Gasteiger partial charge in [0, 0.05) is 57.2 Å². The number of piperidine rings is 1. The SMILES string of the molecule is Cc1cnc(N[C@H]2CCCN(C(=O)OC(C)(C)C)C2)nc1-c1cn(COCC[Si](C)(C)C)c2nc(-c3ocnc3C)ccc12. The molecule has 1 amide bonds. The number of amides is 1. The van der Waals surface area contributed by atoms with Crippen molar-refractivity contribution < 1.29 is 18.7 Å². The number of nitrogens with zero attached hydrogens (tertiary/aromatic N) is 6. The number of aromatic nitrogens is 5. The van der Waals surface area contributed by atoms with Crippen LogP contribution in [-0.2, 0) is 16.2 Å². The lowest BCUT2D eigenvalue weighted by Gasteiger charge is -2.34. The predicted octanol–water partition coefficient (Wildman–Crippen LogP) is 6.89. The van der Waals surface area contributed by atoms with Crippen LogP contribution in [0.15, 0.2) is 35.3 Å². The standard InChI is InChI=1S/C32H45N7O4Si/c1-21-16-33-30(35-23-10-9-13-38(17-23)31(40)43-32(3,4)5)37-27(21)25-18-39(20-41-14-15-44(6,7)8)29-24(25)11-12-26(36-29)28-22(2)34-19-42-28/h11-12,16,18-19,23H,9-10,13-15,17,20H2,1-8H3,(H,33,35,37)/t23-/m0/s1. The van der Waals surface area contributed by atoms with Gasteiger partial charge in [-0.15, -0.1) is 0 Å². The number of nitrogens with one attached hydrogen (secondary N) is 1. The average molecular weight is 620 g/mol. The van der Waals surface area contributed by atoms with Crippen LogP contribution in [0.25, 0.3) is 33.7 Å². The van der Waals surface area contributed by atoms with Gasteiger partial charge < -0.3 is 28.7 Å². The quantitative estimate of drug-likeness (QED) is 0.158. The lowest BCUT2D eigenvalue weighted by atomic mass is 10.1. The molecule has 236 valence electrons. The third-order valence-electron chi connectivity index (χ3n) is 7.56. The second kappa shape index (κ2) is 12.7. The maximum atomic E-state index is 12.7. The van der Waals surface area contributed by atoms with Crippen LogP contribution in [0.2, 0.25) is 25.7 Å². The number of ether oxygens (including phenoxy) is 2. The first-order valence-electron chi connectivity index (χ1n) is 15.3. The third kappa shape index (κ3) is 7.65. The van der Waals surface area contributed by atoms with E-state index in [0.717, 1.165) is 52.4 Å². The van der Waals surface area contributed by atoms with Crippen LogP contribution in [0.4, 0.5) is 10.7 Å². The maximum Gasteiger partial charge on any atom is 0.410 e. The van der Waals surface area contributed by atoms with Crippen LogP contribution in [-0.4, -0.2) is 74.9 Å². The number of anilines is 1. The predicted molar refractivity (Wildman–Crippen MR) is 174 cm³/mol. The van der Waals surface area contributed by atoms with Gasteiger partial charge in [0.05, 0.1) is 11.4 Å². The molecule has 0 unspecified atom stereocenters. The fourth-order valence-electron chi connectivity index (χ4n) is 5.22. The molecule has 1 aliphatic rings. The van der Waals surface area contributed by atoms with Crippen LogP contribution in [0.5, 0.6) is 0 Å². The molecule has 4 aromatic rings. The Morgan fingerprint density at radius 1 is 1.16 bits per heavy atom. The van der Waals surface area contributed by atoms with Gasteiger partial charge in [0.1, 0.15) is 23.7 Å². The van der Waals surface area contributed by atoms with E-state index in [0.29, 0.717) is 43.8 Å². The zero-order valence-corrected chi connectivity index (χ0v) is 28.2. The van der Waals surface area contributed by atoms with Crippen LogP contribution < -0.4 is 5.32 Å². The molecule has 5 heterocycles. The van der Waals surface area contributed by atoms with E-state index in [4.69, 9.17) is 23.9 Å². The Labute approximate surface area is 260 Å². The van der Waals surface area contributed by atoms with E-state index in [9.17, 15) is 4.79 Å². The van der Waals surface area contributed by atoms with Gasteiger partial charge in [0.25, 0.3) is 0 Å². The summed E-state index contributed by atoms with van der Waals surface area (Å²) < 4.78 is 19.4. The fourth-order valence-corrected chi connectivity index (χ4v) is 5.98. The van der Waals surface area contributed by atoms with Gasteiger partial charge in [-0.25, -0.2) is 24.7 Å². The van der Waals surface area contributed by atoms with Crippen molar-refractivity contribution in [2.45, 2.75) is 91.5 Å². The lowest BCUT2D eigenvalue weighted by molar-refractivity contribution is 0.0206. The van der Waals surface area contributed by atoms with Crippen molar-refractivity contribution in [1.29, 1.82) is 0 Å². The van der Waals surface area contributed by atoms with Crippen LogP contribution in [0.3, 0.4) is 0 Å². The van der Waals surface area contributed by atoms with E-state index in [2.05, 4.69) is 47.2 Å². The summed E-state index contributed by atoms with van der Waals surface area (Å²) in [6, 6.07) is 5.12. The largest absolute Gasteiger partial charge is 0.444 e. The topological polar surface area (TPSA) is 120 Å². The molecule has 1 N–H and O–H groups in total. The molecular weight excluding hydrogens is 574 g/mol. The fraction of sp³-hybridized carbons (Fsp3) is 0.531. The Bertz CT molecular complexity index is 1620. The Morgan fingerprint density at radius 2 is 1.95 bits per heavy atom. The highest BCUT2D eigenvalue weighted by molar-refractivity contribution is 6.76. The number of oxazole rings is 1. The van der Waals surface area contributed by atoms with Crippen LogP contribution in [0.1, 0.15) is 44.9 Å². The zero-order valence-electron chi connectivity index (χ0n) is 27.2. The number of hydrogen-bond donors (Lipinski definition) is 1. The monoisotopic (exact) mass is 619 g/mol. The second-order valence-electron chi connectivity index (χ2n) is 13.8. The highest BCUT2D eigenvalue weighted by Gasteiger charge is 2.28. The number of aryl methyl sites for hydroxylation is 2. The molecule has 5 rings (SSSR count). The molecule has 1 saturated heterocycles. The Balaban J connectivity index is 1.43. The van der Waals surface area contributed by atoms with Crippen molar-refractivity contribution >= 4 is 31.1 Å². The number of likely N-dealkylation sites (tertiary alicyclic amines) is 1. The summed E-state index contributed by atoms with van der Waals surface area (Å²) in [5.74, 6) is 1.18. The number of fused-ring (bicyclic) bond motifs is 1. The van der Waals surface area contributed by atoms with Gasteiger partial charge in [-0.05, 0) is 71.2 Å². The molecule has 11 nitrogen and oxygen atoms in total. The molecule has 0 aliphatic carbocycles. The van der Waals surface area contributed by atoms with E-state index in [-0.39, 0.29) is 12.1 Å². The van der Waals surface area contributed by atoms with Crippen molar-refractivity contribution in [2.75, 3.05) is 25.0 Å². The number of hydrogen-bond acceptors (Lipinski definition) is 9. The normalized spacial score (nSPS) is 16.0. The minimum absolute atomic E-state index is 0.0160. The molecule has 12 heteroatoms. The van der Waals surface area contributed by atoms with Gasteiger partial charge in [0.15, 0.2) is 12.2 Å². The summed E-state index contributed by atoms with van der Waals surface area (Å²) in [7, 11) is -1.22. The second-order valence-corrected chi connectivity index (χ2v) is 19.5. The molecule has 0 bridgehead atoms. The summed E-state index contributed by atoms with van der Waals surface area (Å²) in [4.78, 5) is 33.3. The van der Waals surface area contributed by atoms with E-state index < -0.39 is 13.7 Å². The lowest BCUT2D eigenvalue weighted by Crippen LogP contribution is -2.47. The average Bonchev–Trinajstić information content (AvgIpc) is 3.54. The molecule has 4 aromatic heterocycles. The Kier molecular flexibility index (Phi) is 9.12. The van der Waals surface area contributed by atoms with Crippen LogP contribution in [0, 0.1) is 13.8 Å². The third-order valence-corrected chi connectivity index (χ3v) is 9.26. The Morgan fingerprint density at radius 3 is 2.66 bits per heavy atom.